The molecule has 4 rings (SSSR count). The SMILES string of the molecule is COc1cc2c(cc1C(=O)Nc1cccc(C3=NNNN3C(C)C)n1)CN(C(C)C)CC2. The molecule has 9 nitrogen and oxygen atoms in total. The number of hydrazine groups is 2. The van der Waals surface area contributed by atoms with Gasteiger partial charge in [0.2, 0.25) is 0 Å². The molecule has 3 heterocycles. The van der Waals surface area contributed by atoms with E-state index in [4.69, 9.17) is 4.74 Å². The lowest BCUT2D eigenvalue weighted by molar-refractivity contribution is 0.102. The van der Waals surface area contributed by atoms with Crippen LogP contribution in [0.25, 0.3) is 0 Å². The molecule has 9 heteroatoms. The second kappa shape index (κ2) is 9.13. The molecule has 170 valence electrons. The van der Waals surface area contributed by atoms with Gasteiger partial charge >= 0.3 is 0 Å². The van der Waals surface area contributed by atoms with Gasteiger partial charge in [-0.2, -0.15) is 0 Å². The van der Waals surface area contributed by atoms with Crippen molar-refractivity contribution in [3.63, 3.8) is 0 Å². The van der Waals surface area contributed by atoms with Gasteiger partial charge in [0.05, 0.1) is 12.7 Å². The maximum atomic E-state index is 13.2. The zero-order chi connectivity index (χ0) is 22.8. The zero-order valence-corrected chi connectivity index (χ0v) is 19.3. The standard InChI is InChI=1S/C23H31N7O2/c1-14(2)29-10-9-16-12-20(32-5)18(11-17(16)13-29)23(31)25-21-8-6-7-19(24-21)22-26-27-28-30(22)15(3)4/h6-8,11-12,14-15,27-28H,9-10,13H2,1-5H3,(H,24,25,31). The first-order valence-corrected chi connectivity index (χ1v) is 11.0. The number of ether oxygens (including phenoxy) is 1. The van der Waals surface area contributed by atoms with Crippen molar-refractivity contribution in [2.24, 2.45) is 5.10 Å². The molecule has 0 radical (unpaired) electrons. The van der Waals surface area contributed by atoms with Crippen molar-refractivity contribution >= 4 is 17.6 Å². The zero-order valence-electron chi connectivity index (χ0n) is 19.3. The van der Waals surface area contributed by atoms with E-state index < -0.39 is 0 Å². The smallest absolute Gasteiger partial charge is 0.260 e. The number of carbonyl (C=O) groups is 1. The Bertz CT molecular complexity index is 1040. The first kappa shape index (κ1) is 22.0. The number of carbonyl (C=O) groups excluding carboxylic acids is 1. The molecule has 0 fully saturated rings. The minimum atomic E-state index is -0.249. The van der Waals surface area contributed by atoms with Crippen LogP contribution < -0.4 is 21.1 Å². The number of methoxy groups -OCH3 is 1. The summed E-state index contributed by atoms with van der Waals surface area (Å²) in [4.78, 5) is 20.2. The Balaban J connectivity index is 1.58. The number of nitrogens with one attached hydrogen (secondary N) is 3. The molecule has 0 saturated heterocycles. The van der Waals surface area contributed by atoms with Gasteiger partial charge in [0.25, 0.3) is 5.91 Å². The molecule has 2 aliphatic heterocycles. The number of hydrogen-bond acceptors (Lipinski definition) is 8. The number of fused-ring (bicyclic) bond motifs is 1. The van der Waals surface area contributed by atoms with Crippen LogP contribution in [0.15, 0.2) is 35.4 Å². The molecule has 0 atom stereocenters. The predicted molar refractivity (Wildman–Crippen MR) is 124 cm³/mol. The van der Waals surface area contributed by atoms with Crippen LogP contribution in [0, 0.1) is 0 Å². The fourth-order valence-corrected chi connectivity index (χ4v) is 4.00. The first-order valence-electron chi connectivity index (χ1n) is 11.0. The largest absolute Gasteiger partial charge is 0.496 e. The quantitative estimate of drug-likeness (QED) is 0.639. The molecule has 0 spiro atoms. The molecule has 2 aliphatic rings. The van der Waals surface area contributed by atoms with Crippen molar-refractivity contribution in [2.75, 3.05) is 19.0 Å². The van der Waals surface area contributed by atoms with Gasteiger partial charge in [-0.25, -0.2) is 10.5 Å². The van der Waals surface area contributed by atoms with Gasteiger partial charge in [-0.1, -0.05) is 6.07 Å². The third-order valence-electron chi connectivity index (χ3n) is 5.84. The molecule has 0 aliphatic carbocycles. The van der Waals surface area contributed by atoms with Crippen LogP contribution in [-0.2, 0) is 13.0 Å². The number of aromatic nitrogens is 1. The van der Waals surface area contributed by atoms with Crippen molar-refractivity contribution in [3.05, 3.63) is 52.7 Å². The lowest BCUT2D eigenvalue weighted by atomic mass is 9.95. The van der Waals surface area contributed by atoms with Crippen LogP contribution in [0.4, 0.5) is 5.82 Å². The number of hydrogen-bond donors (Lipinski definition) is 3. The molecule has 0 saturated carbocycles. The van der Waals surface area contributed by atoms with Gasteiger partial charge in [0.15, 0.2) is 5.84 Å². The van der Waals surface area contributed by atoms with Gasteiger partial charge in [-0.15, -0.1) is 10.6 Å². The van der Waals surface area contributed by atoms with Crippen LogP contribution in [0.3, 0.4) is 0 Å². The van der Waals surface area contributed by atoms with E-state index in [0.29, 0.717) is 34.7 Å². The highest BCUT2D eigenvalue weighted by Gasteiger charge is 2.25. The molecule has 32 heavy (non-hydrogen) atoms. The average Bonchev–Trinajstić information content (AvgIpc) is 3.28. The lowest BCUT2D eigenvalue weighted by Gasteiger charge is -2.32. The summed E-state index contributed by atoms with van der Waals surface area (Å²) in [5.41, 5.74) is 9.31. The van der Waals surface area contributed by atoms with Crippen molar-refractivity contribution in [1.29, 1.82) is 0 Å². The van der Waals surface area contributed by atoms with Crippen molar-refractivity contribution in [2.45, 2.75) is 52.7 Å². The Kier molecular flexibility index (Phi) is 6.29. The summed E-state index contributed by atoms with van der Waals surface area (Å²) in [6.45, 7) is 10.3. The highest BCUT2D eigenvalue weighted by atomic mass is 16.5. The van der Waals surface area contributed by atoms with Gasteiger partial charge in [0.1, 0.15) is 17.3 Å². The Morgan fingerprint density at radius 2 is 1.97 bits per heavy atom. The number of anilines is 1. The van der Waals surface area contributed by atoms with E-state index >= 15 is 0 Å². The molecule has 0 unspecified atom stereocenters. The number of amides is 1. The van der Waals surface area contributed by atoms with E-state index in [1.54, 1.807) is 13.2 Å². The maximum Gasteiger partial charge on any atom is 0.260 e. The minimum absolute atomic E-state index is 0.175. The second-order valence-corrected chi connectivity index (χ2v) is 8.62. The fraction of sp³-hybridized carbons (Fsp3) is 0.435. The summed E-state index contributed by atoms with van der Waals surface area (Å²) >= 11 is 0. The molecule has 2 aromatic rings. The highest BCUT2D eigenvalue weighted by molar-refractivity contribution is 6.06. The summed E-state index contributed by atoms with van der Waals surface area (Å²) < 4.78 is 5.55. The Hall–Kier alpha value is -3.17. The monoisotopic (exact) mass is 437 g/mol. The van der Waals surface area contributed by atoms with Gasteiger partial charge in [0, 0.05) is 25.2 Å². The van der Waals surface area contributed by atoms with E-state index in [0.717, 1.165) is 19.5 Å². The van der Waals surface area contributed by atoms with Crippen LogP contribution in [0.1, 0.15) is 54.9 Å². The summed E-state index contributed by atoms with van der Waals surface area (Å²) in [6, 6.07) is 10.1. The number of hydrazone groups is 1. The minimum Gasteiger partial charge on any atom is -0.496 e. The van der Waals surface area contributed by atoms with E-state index in [1.165, 1.54) is 11.1 Å². The molecule has 1 aromatic carbocycles. The summed E-state index contributed by atoms with van der Waals surface area (Å²) in [5, 5.41) is 9.07. The lowest BCUT2D eigenvalue weighted by Crippen LogP contribution is -2.45. The van der Waals surface area contributed by atoms with E-state index in [-0.39, 0.29) is 11.9 Å². The van der Waals surface area contributed by atoms with Gasteiger partial charge in [-0.3, -0.25) is 14.7 Å². The summed E-state index contributed by atoms with van der Waals surface area (Å²) in [6.07, 6.45) is 0.950. The average molecular weight is 438 g/mol. The molecule has 3 N–H and O–H groups in total. The topological polar surface area (TPSA) is 94.1 Å². The normalized spacial score (nSPS) is 16.1. The van der Waals surface area contributed by atoms with E-state index in [2.05, 4.69) is 45.2 Å². The van der Waals surface area contributed by atoms with Gasteiger partial charge < -0.3 is 10.1 Å². The number of nitrogens with zero attached hydrogens (tertiary/aromatic N) is 4. The molecule has 1 aromatic heterocycles. The van der Waals surface area contributed by atoms with E-state index in [9.17, 15) is 4.79 Å². The van der Waals surface area contributed by atoms with E-state index in [1.807, 2.05) is 43.1 Å². The third-order valence-corrected chi connectivity index (χ3v) is 5.84. The number of benzene rings is 1. The van der Waals surface area contributed by atoms with Crippen LogP contribution >= 0.6 is 0 Å². The number of pyridine rings is 1. The number of rotatable bonds is 6. The van der Waals surface area contributed by atoms with Crippen LogP contribution in [0.2, 0.25) is 0 Å². The van der Waals surface area contributed by atoms with Crippen molar-refractivity contribution < 1.29 is 9.53 Å². The second-order valence-electron chi connectivity index (χ2n) is 8.62. The highest BCUT2D eigenvalue weighted by Crippen LogP contribution is 2.29. The maximum absolute atomic E-state index is 13.2. The summed E-state index contributed by atoms with van der Waals surface area (Å²) in [5.74, 6) is 1.45. The fourth-order valence-electron chi connectivity index (χ4n) is 4.00. The molecular weight excluding hydrogens is 406 g/mol. The van der Waals surface area contributed by atoms with Crippen molar-refractivity contribution in [1.82, 2.24) is 26.0 Å². The Morgan fingerprint density at radius 1 is 1.16 bits per heavy atom. The Labute approximate surface area is 188 Å². The third kappa shape index (κ3) is 4.39. The Morgan fingerprint density at radius 3 is 2.69 bits per heavy atom. The molecule has 0 bridgehead atoms. The summed E-state index contributed by atoms with van der Waals surface area (Å²) in [7, 11) is 1.60. The number of amidine groups is 1. The predicted octanol–water partition coefficient (Wildman–Crippen LogP) is 2.50. The van der Waals surface area contributed by atoms with Crippen LogP contribution in [0.5, 0.6) is 5.75 Å². The molecular formula is C23H31N7O2. The van der Waals surface area contributed by atoms with Crippen LogP contribution in [-0.4, -0.2) is 52.4 Å². The van der Waals surface area contributed by atoms with Crippen molar-refractivity contribution in [3.8, 4) is 5.75 Å². The first-order chi connectivity index (χ1) is 15.4. The molecule has 1 amide bonds. The van der Waals surface area contributed by atoms with Gasteiger partial charge in [-0.05, 0) is 69.5 Å².